The summed E-state index contributed by atoms with van der Waals surface area (Å²) in [6.45, 7) is 4.18. The summed E-state index contributed by atoms with van der Waals surface area (Å²) in [4.78, 5) is 2.31. The smallest absolute Gasteiger partial charge is 0.119 e. The summed E-state index contributed by atoms with van der Waals surface area (Å²) in [5.41, 5.74) is 5.63. The van der Waals surface area contributed by atoms with Crippen molar-refractivity contribution in [3.05, 3.63) is 83.4 Å². The van der Waals surface area contributed by atoms with Crippen LogP contribution in [-0.2, 0) is 12.8 Å². The Morgan fingerprint density at radius 1 is 1.07 bits per heavy atom. The van der Waals surface area contributed by atoms with Crippen LogP contribution in [0.25, 0.3) is 5.57 Å². The molecule has 2 nitrogen and oxygen atoms in total. The van der Waals surface area contributed by atoms with Crippen LogP contribution in [0.2, 0.25) is 0 Å². The van der Waals surface area contributed by atoms with Crippen LogP contribution in [0.1, 0.15) is 36.5 Å². The molecule has 29 heavy (non-hydrogen) atoms. The molecular formula is C27H33NO. The van der Waals surface area contributed by atoms with Crippen LogP contribution in [0.15, 0.2) is 66.8 Å². The minimum absolute atomic E-state index is 0.0466. The van der Waals surface area contributed by atoms with Crippen molar-refractivity contribution in [3.8, 4) is 5.75 Å². The van der Waals surface area contributed by atoms with E-state index in [4.69, 9.17) is 4.74 Å². The number of nitrogens with zero attached hydrogens (tertiary/aromatic N) is 1. The van der Waals surface area contributed by atoms with Crippen molar-refractivity contribution in [3.63, 3.8) is 0 Å². The molecule has 0 spiro atoms. The lowest BCUT2D eigenvalue weighted by molar-refractivity contribution is 0.206. The highest BCUT2D eigenvalue weighted by atomic mass is 16.5. The molecule has 2 atom stereocenters. The van der Waals surface area contributed by atoms with E-state index in [-0.39, 0.29) is 5.41 Å². The lowest BCUT2D eigenvalue weighted by atomic mass is 9.81. The van der Waals surface area contributed by atoms with Crippen LogP contribution >= 0.6 is 0 Å². The second-order valence-corrected chi connectivity index (χ2v) is 9.31. The standard InChI is InChI=1S/C27H33NO/c1-27(15-13-23(14-16-27)22-7-5-4-6-8-22)20-29-26-12-11-24-17-21(19-28(2)3)9-10-25(24)18-26/h4-8,11-15,18,21H,9-10,16-17,19-20H2,1-3H3. The first kappa shape index (κ1) is 20.0. The van der Waals surface area contributed by atoms with E-state index in [1.165, 1.54) is 48.1 Å². The van der Waals surface area contributed by atoms with E-state index < -0.39 is 0 Å². The average molecular weight is 388 g/mol. The predicted octanol–water partition coefficient (Wildman–Crippen LogP) is 5.78. The van der Waals surface area contributed by atoms with E-state index in [2.05, 4.69) is 92.7 Å². The van der Waals surface area contributed by atoms with Gasteiger partial charge in [0, 0.05) is 12.0 Å². The van der Waals surface area contributed by atoms with Gasteiger partial charge >= 0.3 is 0 Å². The maximum absolute atomic E-state index is 6.26. The molecule has 2 aromatic rings. The highest BCUT2D eigenvalue weighted by molar-refractivity contribution is 5.75. The number of hydrogen-bond acceptors (Lipinski definition) is 2. The normalized spacial score (nSPS) is 23.6. The lowest BCUT2D eigenvalue weighted by Gasteiger charge is -2.29. The van der Waals surface area contributed by atoms with Crippen molar-refractivity contribution in [2.45, 2.75) is 32.6 Å². The minimum atomic E-state index is 0.0466. The summed E-state index contributed by atoms with van der Waals surface area (Å²) < 4.78 is 6.26. The van der Waals surface area contributed by atoms with Crippen molar-refractivity contribution in [2.75, 3.05) is 27.2 Å². The number of allylic oxidation sites excluding steroid dienone is 3. The van der Waals surface area contributed by atoms with E-state index in [9.17, 15) is 0 Å². The highest BCUT2D eigenvalue weighted by Crippen LogP contribution is 2.34. The fourth-order valence-corrected chi connectivity index (χ4v) is 4.54. The number of benzene rings is 2. The van der Waals surface area contributed by atoms with Crippen LogP contribution in [0, 0.1) is 11.3 Å². The molecule has 0 radical (unpaired) electrons. The van der Waals surface area contributed by atoms with Gasteiger partial charge in [-0.15, -0.1) is 0 Å². The molecule has 0 aliphatic heterocycles. The van der Waals surface area contributed by atoms with E-state index in [1.807, 2.05) is 0 Å². The Morgan fingerprint density at radius 3 is 2.62 bits per heavy atom. The SMILES string of the molecule is CN(C)CC1CCc2cc(OCC3(C)C=CC(c4ccccc4)=CC3)ccc2C1. The van der Waals surface area contributed by atoms with Crippen molar-refractivity contribution >= 4 is 5.57 Å². The van der Waals surface area contributed by atoms with Crippen LogP contribution in [-0.4, -0.2) is 32.1 Å². The first-order valence-corrected chi connectivity index (χ1v) is 10.8. The number of hydrogen-bond donors (Lipinski definition) is 0. The van der Waals surface area contributed by atoms with Gasteiger partial charge in [-0.25, -0.2) is 0 Å². The summed E-state index contributed by atoms with van der Waals surface area (Å²) in [6, 6.07) is 17.3. The molecule has 0 heterocycles. The number of ether oxygens (including phenoxy) is 1. The summed E-state index contributed by atoms with van der Waals surface area (Å²) >= 11 is 0. The van der Waals surface area contributed by atoms with Gasteiger partial charge in [-0.3, -0.25) is 0 Å². The van der Waals surface area contributed by atoms with Gasteiger partial charge in [0.05, 0.1) is 6.61 Å². The molecule has 2 heteroatoms. The van der Waals surface area contributed by atoms with Crippen molar-refractivity contribution < 1.29 is 4.74 Å². The Kier molecular flexibility index (Phi) is 5.91. The lowest BCUT2D eigenvalue weighted by Crippen LogP contribution is -2.26. The van der Waals surface area contributed by atoms with E-state index in [0.29, 0.717) is 6.61 Å². The first-order chi connectivity index (χ1) is 14.0. The first-order valence-electron chi connectivity index (χ1n) is 10.8. The Labute approximate surface area is 175 Å². The summed E-state index contributed by atoms with van der Waals surface area (Å²) in [5.74, 6) is 1.79. The van der Waals surface area contributed by atoms with Crippen LogP contribution in [0.5, 0.6) is 5.75 Å². The quantitative estimate of drug-likeness (QED) is 0.623. The zero-order valence-electron chi connectivity index (χ0n) is 18.0. The molecule has 2 aliphatic rings. The molecule has 2 aromatic carbocycles. The largest absolute Gasteiger partial charge is 0.493 e. The summed E-state index contributed by atoms with van der Waals surface area (Å²) in [7, 11) is 4.34. The zero-order chi connectivity index (χ0) is 20.3. The molecule has 2 unspecified atom stereocenters. The van der Waals surface area contributed by atoms with Gasteiger partial charge in [0.2, 0.25) is 0 Å². The molecule has 0 saturated carbocycles. The summed E-state index contributed by atoms with van der Waals surface area (Å²) in [5, 5.41) is 0. The fraction of sp³-hybridized carbons (Fsp3) is 0.407. The molecule has 0 saturated heterocycles. The molecule has 0 N–H and O–H groups in total. The number of fused-ring (bicyclic) bond motifs is 1. The van der Waals surface area contributed by atoms with Crippen molar-refractivity contribution in [2.24, 2.45) is 11.3 Å². The Balaban J connectivity index is 1.35. The van der Waals surface area contributed by atoms with Crippen molar-refractivity contribution in [1.82, 2.24) is 4.90 Å². The van der Waals surface area contributed by atoms with E-state index >= 15 is 0 Å². The van der Waals surface area contributed by atoms with Gasteiger partial charge in [-0.2, -0.15) is 0 Å². The van der Waals surface area contributed by atoms with Gasteiger partial charge in [0.15, 0.2) is 0 Å². The number of rotatable bonds is 6. The van der Waals surface area contributed by atoms with Crippen LogP contribution < -0.4 is 4.74 Å². The molecule has 152 valence electrons. The molecule has 4 rings (SSSR count). The predicted molar refractivity (Wildman–Crippen MR) is 122 cm³/mol. The van der Waals surface area contributed by atoms with Crippen molar-refractivity contribution in [1.29, 1.82) is 0 Å². The van der Waals surface area contributed by atoms with Crippen LogP contribution in [0.3, 0.4) is 0 Å². The Morgan fingerprint density at radius 2 is 1.90 bits per heavy atom. The molecule has 2 aliphatic carbocycles. The average Bonchev–Trinajstić information content (AvgIpc) is 2.73. The zero-order valence-corrected chi connectivity index (χ0v) is 18.0. The maximum atomic E-state index is 6.26. The topological polar surface area (TPSA) is 12.5 Å². The van der Waals surface area contributed by atoms with E-state index in [0.717, 1.165) is 18.1 Å². The highest BCUT2D eigenvalue weighted by Gasteiger charge is 2.25. The molecule has 0 aromatic heterocycles. The molecule has 0 amide bonds. The Bertz CT molecular complexity index is 896. The monoisotopic (exact) mass is 387 g/mol. The number of aryl methyl sites for hydroxylation is 1. The van der Waals surface area contributed by atoms with Gasteiger partial charge in [0.1, 0.15) is 5.75 Å². The Hall–Kier alpha value is -2.32. The minimum Gasteiger partial charge on any atom is -0.493 e. The van der Waals surface area contributed by atoms with Crippen LogP contribution in [0.4, 0.5) is 0 Å². The van der Waals surface area contributed by atoms with Gasteiger partial charge < -0.3 is 9.64 Å². The second kappa shape index (κ2) is 8.59. The third kappa shape index (κ3) is 5.00. The third-order valence-corrected chi connectivity index (χ3v) is 6.26. The van der Waals surface area contributed by atoms with E-state index in [1.54, 1.807) is 0 Å². The second-order valence-electron chi connectivity index (χ2n) is 9.31. The molecule has 0 bridgehead atoms. The summed E-state index contributed by atoms with van der Waals surface area (Å²) in [6.07, 6.45) is 11.6. The van der Waals surface area contributed by atoms with Gasteiger partial charge in [0.25, 0.3) is 0 Å². The molecule has 0 fully saturated rings. The maximum Gasteiger partial charge on any atom is 0.119 e. The van der Waals surface area contributed by atoms with Gasteiger partial charge in [-0.05, 0) is 80.1 Å². The third-order valence-electron chi connectivity index (χ3n) is 6.26. The fourth-order valence-electron chi connectivity index (χ4n) is 4.54. The van der Waals surface area contributed by atoms with Gasteiger partial charge in [-0.1, -0.05) is 61.5 Å². The molecular weight excluding hydrogens is 354 g/mol.